The molecule has 0 bridgehead atoms. The molecule has 0 saturated heterocycles. The van der Waals surface area contributed by atoms with Crippen LogP contribution in [0.1, 0.15) is 48.6 Å². The quantitative estimate of drug-likeness (QED) is 0.814. The van der Waals surface area contributed by atoms with Crippen molar-refractivity contribution in [3.8, 4) is 0 Å². The van der Waals surface area contributed by atoms with Crippen molar-refractivity contribution < 1.29 is 0 Å². The number of H-pyrrole nitrogens is 1. The average molecular weight is 220 g/mol. The summed E-state index contributed by atoms with van der Waals surface area (Å²) in [5.41, 5.74) is 10.3. The lowest BCUT2D eigenvalue weighted by atomic mass is 9.87. The first-order chi connectivity index (χ1) is 7.77. The van der Waals surface area contributed by atoms with E-state index in [-0.39, 0.29) is 5.56 Å². The Balaban J connectivity index is 2.57. The van der Waals surface area contributed by atoms with Crippen LogP contribution in [-0.2, 0) is 25.8 Å². The standard InChI is InChI=1S/C13H20N2O/c1-2-5-12-10-7-4-3-6-9(10)11(8-14)13(16)15-12/h2-8,14H2,1H3,(H,15,16). The molecular formula is C13H20N2O. The second kappa shape index (κ2) is 4.83. The molecule has 16 heavy (non-hydrogen) atoms. The summed E-state index contributed by atoms with van der Waals surface area (Å²) in [6.45, 7) is 2.51. The van der Waals surface area contributed by atoms with Crippen molar-refractivity contribution in [3.05, 3.63) is 32.7 Å². The maximum absolute atomic E-state index is 11.9. The predicted octanol–water partition coefficient (Wildman–Crippen LogP) is 1.66. The number of hydrogen-bond acceptors (Lipinski definition) is 2. The summed E-state index contributed by atoms with van der Waals surface area (Å²) < 4.78 is 0. The van der Waals surface area contributed by atoms with Gasteiger partial charge in [-0.15, -0.1) is 0 Å². The Morgan fingerprint density at radius 1 is 1.25 bits per heavy atom. The molecular weight excluding hydrogens is 200 g/mol. The van der Waals surface area contributed by atoms with E-state index in [0.717, 1.165) is 36.9 Å². The predicted molar refractivity (Wildman–Crippen MR) is 65.6 cm³/mol. The summed E-state index contributed by atoms with van der Waals surface area (Å²) in [7, 11) is 0. The van der Waals surface area contributed by atoms with Gasteiger partial charge < -0.3 is 10.7 Å². The van der Waals surface area contributed by atoms with Crippen molar-refractivity contribution in [2.45, 2.75) is 52.0 Å². The molecule has 3 N–H and O–H groups in total. The van der Waals surface area contributed by atoms with Gasteiger partial charge in [0, 0.05) is 17.8 Å². The average Bonchev–Trinajstić information content (AvgIpc) is 2.30. The van der Waals surface area contributed by atoms with Crippen LogP contribution in [0.4, 0.5) is 0 Å². The van der Waals surface area contributed by atoms with E-state index in [4.69, 9.17) is 5.73 Å². The van der Waals surface area contributed by atoms with E-state index in [9.17, 15) is 4.79 Å². The van der Waals surface area contributed by atoms with Crippen molar-refractivity contribution in [1.82, 2.24) is 4.98 Å². The van der Waals surface area contributed by atoms with Gasteiger partial charge in [-0.05, 0) is 43.2 Å². The van der Waals surface area contributed by atoms with Gasteiger partial charge >= 0.3 is 0 Å². The highest BCUT2D eigenvalue weighted by Crippen LogP contribution is 2.25. The van der Waals surface area contributed by atoms with Crippen LogP contribution in [0.25, 0.3) is 0 Å². The van der Waals surface area contributed by atoms with E-state index < -0.39 is 0 Å². The van der Waals surface area contributed by atoms with Gasteiger partial charge in [0.1, 0.15) is 0 Å². The Bertz CT molecular complexity index is 434. The van der Waals surface area contributed by atoms with Crippen molar-refractivity contribution in [3.63, 3.8) is 0 Å². The fourth-order valence-electron chi connectivity index (χ4n) is 2.68. The molecule has 0 fully saturated rings. The van der Waals surface area contributed by atoms with Crippen LogP contribution in [0.2, 0.25) is 0 Å². The fraction of sp³-hybridized carbons (Fsp3) is 0.615. The topological polar surface area (TPSA) is 58.9 Å². The molecule has 0 spiro atoms. The van der Waals surface area contributed by atoms with Crippen LogP contribution in [0.5, 0.6) is 0 Å². The molecule has 3 heteroatoms. The van der Waals surface area contributed by atoms with E-state index in [1.54, 1.807) is 0 Å². The molecule has 2 rings (SSSR count). The first-order valence-electron chi connectivity index (χ1n) is 6.23. The summed E-state index contributed by atoms with van der Waals surface area (Å²) in [5.74, 6) is 0. The van der Waals surface area contributed by atoms with Crippen LogP contribution < -0.4 is 11.3 Å². The third-order valence-corrected chi connectivity index (χ3v) is 3.44. The van der Waals surface area contributed by atoms with Crippen LogP contribution in [0, 0.1) is 0 Å². The Kier molecular flexibility index (Phi) is 3.44. The number of aromatic nitrogens is 1. The van der Waals surface area contributed by atoms with Crippen molar-refractivity contribution >= 4 is 0 Å². The monoisotopic (exact) mass is 220 g/mol. The number of fused-ring (bicyclic) bond motifs is 1. The van der Waals surface area contributed by atoms with Crippen LogP contribution in [0.3, 0.4) is 0 Å². The lowest BCUT2D eigenvalue weighted by Gasteiger charge is -2.21. The summed E-state index contributed by atoms with van der Waals surface area (Å²) in [5, 5.41) is 0. The number of nitrogens with one attached hydrogen (secondary N) is 1. The minimum atomic E-state index is 0.0339. The van der Waals surface area contributed by atoms with Gasteiger partial charge in [-0.1, -0.05) is 13.3 Å². The van der Waals surface area contributed by atoms with E-state index in [0.29, 0.717) is 6.54 Å². The Morgan fingerprint density at radius 3 is 2.56 bits per heavy atom. The van der Waals surface area contributed by atoms with Gasteiger partial charge in [-0.3, -0.25) is 4.79 Å². The SMILES string of the molecule is CCCc1[nH]c(=O)c(CN)c2c1CCCC2. The molecule has 0 aliphatic heterocycles. The van der Waals surface area contributed by atoms with Crippen LogP contribution >= 0.6 is 0 Å². The normalized spacial score (nSPS) is 14.9. The highest BCUT2D eigenvalue weighted by molar-refractivity contribution is 5.38. The molecule has 0 radical (unpaired) electrons. The first kappa shape index (κ1) is 11.4. The zero-order valence-electron chi connectivity index (χ0n) is 9.94. The lowest BCUT2D eigenvalue weighted by Crippen LogP contribution is -2.25. The van der Waals surface area contributed by atoms with Gasteiger partial charge in [0.05, 0.1) is 0 Å². The summed E-state index contributed by atoms with van der Waals surface area (Å²) in [6.07, 6.45) is 6.61. The highest BCUT2D eigenvalue weighted by atomic mass is 16.1. The highest BCUT2D eigenvalue weighted by Gasteiger charge is 2.18. The molecule has 1 aromatic rings. The number of aryl methyl sites for hydroxylation is 1. The number of aromatic amines is 1. The van der Waals surface area contributed by atoms with Crippen molar-refractivity contribution in [1.29, 1.82) is 0 Å². The van der Waals surface area contributed by atoms with E-state index in [1.807, 2.05) is 0 Å². The molecule has 0 unspecified atom stereocenters. The Morgan fingerprint density at radius 2 is 1.94 bits per heavy atom. The molecule has 0 saturated carbocycles. The number of hydrogen-bond donors (Lipinski definition) is 2. The molecule has 0 atom stereocenters. The van der Waals surface area contributed by atoms with Crippen molar-refractivity contribution in [2.75, 3.05) is 0 Å². The van der Waals surface area contributed by atoms with E-state index in [1.165, 1.54) is 24.0 Å². The fourth-order valence-corrected chi connectivity index (χ4v) is 2.68. The zero-order valence-corrected chi connectivity index (χ0v) is 9.94. The maximum Gasteiger partial charge on any atom is 0.252 e. The van der Waals surface area contributed by atoms with E-state index >= 15 is 0 Å². The van der Waals surface area contributed by atoms with Gasteiger partial charge in [0.15, 0.2) is 0 Å². The summed E-state index contributed by atoms with van der Waals surface area (Å²) in [6, 6.07) is 0. The largest absolute Gasteiger partial charge is 0.326 e. The maximum atomic E-state index is 11.9. The van der Waals surface area contributed by atoms with Crippen LogP contribution in [0.15, 0.2) is 4.79 Å². The molecule has 88 valence electrons. The molecule has 1 aromatic heterocycles. The zero-order chi connectivity index (χ0) is 11.5. The van der Waals surface area contributed by atoms with Gasteiger partial charge in [0.2, 0.25) is 0 Å². The molecule has 0 aromatic carbocycles. The molecule has 1 heterocycles. The minimum Gasteiger partial charge on any atom is -0.326 e. The molecule has 0 amide bonds. The second-order valence-corrected chi connectivity index (χ2v) is 4.53. The minimum absolute atomic E-state index is 0.0339. The summed E-state index contributed by atoms with van der Waals surface area (Å²) >= 11 is 0. The molecule has 1 aliphatic carbocycles. The Labute approximate surface area is 96.1 Å². The van der Waals surface area contributed by atoms with Crippen LogP contribution in [-0.4, -0.2) is 4.98 Å². The smallest absolute Gasteiger partial charge is 0.252 e. The number of rotatable bonds is 3. The number of pyridine rings is 1. The number of nitrogens with two attached hydrogens (primary N) is 1. The molecule has 3 nitrogen and oxygen atoms in total. The third kappa shape index (κ3) is 1.92. The van der Waals surface area contributed by atoms with Gasteiger partial charge in [-0.2, -0.15) is 0 Å². The molecule has 1 aliphatic rings. The summed E-state index contributed by atoms with van der Waals surface area (Å²) in [4.78, 5) is 14.9. The second-order valence-electron chi connectivity index (χ2n) is 4.53. The van der Waals surface area contributed by atoms with Gasteiger partial charge in [-0.25, -0.2) is 0 Å². The van der Waals surface area contributed by atoms with Gasteiger partial charge in [0.25, 0.3) is 5.56 Å². The first-order valence-corrected chi connectivity index (χ1v) is 6.23. The lowest BCUT2D eigenvalue weighted by molar-refractivity contribution is 0.657. The van der Waals surface area contributed by atoms with Crippen molar-refractivity contribution in [2.24, 2.45) is 5.73 Å². The third-order valence-electron chi connectivity index (χ3n) is 3.44. The van der Waals surface area contributed by atoms with E-state index in [2.05, 4.69) is 11.9 Å². The Hall–Kier alpha value is -1.09.